The van der Waals surface area contributed by atoms with E-state index in [1.54, 1.807) is 6.92 Å². The number of ether oxygens (including phenoxy) is 2. The Balaban J connectivity index is 1.61. The number of thioether (sulfide) groups is 1. The first-order valence-electron chi connectivity index (χ1n) is 12.0. The predicted octanol–water partition coefficient (Wildman–Crippen LogP) is 4.63. The number of nitrogens with one attached hydrogen (secondary N) is 1. The van der Waals surface area contributed by atoms with Crippen LogP contribution in [-0.4, -0.2) is 47.8 Å². The number of rotatable bonds is 8. The number of hydrogen-bond acceptors (Lipinski definition) is 7. The van der Waals surface area contributed by atoms with Crippen molar-refractivity contribution in [2.45, 2.75) is 65.0 Å². The topological polar surface area (TPSA) is 80.2 Å². The van der Waals surface area contributed by atoms with Gasteiger partial charge in [0, 0.05) is 18.8 Å². The second kappa shape index (κ2) is 10.8. The molecule has 1 amide bonds. The summed E-state index contributed by atoms with van der Waals surface area (Å²) in [5, 5.41) is 5.73. The number of amides is 1. The molecule has 1 N–H and O–H groups in total. The third-order valence-corrected chi connectivity index (χ3v) is 7.20. The van der Waals surface area contributed by atoms with Crippen molar-refractivity contribution in [2.24, 2.45) is 4.99 Å². The summed E-state index contributed by atoms with van der Waals surface area (Å²) in [6.07, 6.45) is 2.31. The van der Waals surface area contributed by atoms with Crippen LogP contribution in [0.15, 0.2) is 51.6 Å². The molecule has 1 fully saturated rings. The molecule has 0 saturated carbocycles. The van der Waals surface area contributed by atoms with Crippen molar-refractivity contribution < 1.29 is 19.1 Å². The molecule has 34 heavy (non-hydrogen) atoms. The van der Waals surface area contributed by atoms with Crippen LogP contribution in [0.25, 0.3) is 0 Å². The zero-order chi connectivity index (χ0) is 24.2. The van der Waals surface area contributed by atoms with E-state index < -0.39 is 6.04 Å². The summed E-state index contributed by atoms with van der Waals surface area (Å²) in [7, 11) is 0. The predicted molar refractivity (Wildman–Crippen MR) is 134 cm³/mol. The van der Waals surface area contributed by atoms with Gasteiger partial charge in [-0.05, 0) is 49.1 Å². The summed E-state index contributed by atoms with van der Waals surface area (Å²) >= 11 is 1.48. The average Bonchev–Trinajstić information content (AvgIpc) is 3.47. The fourth-order valence-corrected chi connectivity index (χ4v) is 5.44. The maximum Gasteiger partial charge on any atom is 0.338 e. The van der Waals surface area contributed by atoms with E-state index in [0.29, 0.717) is 23.7 Å². The SMILES string of the molecule is CCOC(=O)C1=C(C)N=C2SC=C(CC(=O)NCC3CCCO3)N2C1c1ccc(C(C)C)cc1. The Hall–Kier alpha value is -2.58. The van der Waals surface area contributed by atoms with Gasteiger partial charge in [-0.25, -0.2) is 9.79 Å². The maximum absolute atomic E-state index is 13.0. The van der Waals surface area contributed by atoms with Gasteiger partial charge in [0.05, 0.1) is 36.4 Å². The quantitative estimate of drug-likeness (QED) is 0.543. The van der Waals surface area contributed by atoms with E-state index in [9.17, 15) is 9.59 Å². The number of carbonyl (C=O) groups is 2. The molecule has 0 radical (unpaired) electrons. The summed E-state index contributed by atoms with van der Waals surface area (Å²) in [6, 6.07) is 7.93. The Morgan fingerprint density at radius 1 is 1.29 bits per heavy atom. The van der Waals surface area contributed by atoms with Crippen molar-refractivity contribution in [3.8, 4) is 0 Å². The highest BCUT2D eigenvalue weighted by molar-refractivity contribution is 8.16. The van der Waals surface area contributed by atoms with Crippen molar-refractivity contribution >= 4 is 28.8 Å². The molecule has 3 heterocycles. The lowest BCUT2D eigenvalue weighted by Gasteiger charge is -2.36. The van der Waals surface area contributed by atoms with E-state index in [1.807, 2.05) is 17.2 Å². The number of fused-ring (bicyclic) bond motifs is 1. The normalized spacial score (nSPS) is 22.0. The number of aliphatic imine (C=N–C) groups is 1. The lowest BCUT2D eigenvalue weighted by Crippen LogP contribution is -2.38. The smallest absolute Gasteiger partial charge is 0.338 e. The molecule has 3 aliphatic rings. The van der Waals surface area contributed by atoms with E-state index in [4.69, 9.17) is 14.5 Å². The number of hydrogen-bond donors (Lipinski definition) is 1. The minimum absolute atomic E-state index is 0.0681. The third kappa shape index (κ3) is 5.23. The molecule has 0 spiro atoms. The van der Waals surface area contributed by atoms with Gasteiger partial charge in [-0.1, -0.05) is 49.9 Å². The second-order valence-electron chi connectivity index (χ2n) is 9.05. The number of allylic oxidation sites excluding steroid dienone is 1. The zero-order valence-corrected chi connectivity index (χ0v) is 21.1. The van der Waals surface area contributed by atoms with Gasteiger partial charge in [0.1, 0.15) is 0 Å². The lowest BCUT2D eigenvalue weighted by atomic mass is 9.92. The highest BCUT2D eigenvalue weighted by Crippen LogP contribution is 2.45. The largest absolute Gasteiger partial charge is 0.463 e. The van der Waals surface area contributed by atoms with Crippen LogP contribution >= 0.6 is 11.8 Å². The number of esters is 1. The van der Waals surface area contributed by atoms with Gasteiger partial charge in [0.25, 0.3) is 0 Å². The van der Waals surface area contributed by atoms with Gasteiger partial charge < -0.3 is 19.7 Å². The van der Waals surface area contributed by atoms with Crippen molar-refractivity contribution in [3.05, 3.63) is 57.8 Å². The molecule has 2 unspecified atom stereocenters. The molecular weight excluding hydrogens is 450 g/mol. The van der Waals surface area contributed by atoms with E-state index in [-0.39, 0.29) is 31.0 Å². The second-order valence-corrected chi connectivity index (χ2v) is 9.89. The molecule has 2 atom stereocenters. The molecule has 4 rings (SSSR count). The highest BCUT2D eigenvalue weighted by Gasteiger charge is 2.41. The molecule has 1 aromatic carbocycles. The van der Waals surface area contributed by atoms with E-state index in [2.05, 4.69) is 43.4 Å². The van der Waals surface area contributed by atoms with Crippen molar-refractivity contribution in [3.63, 3.8) is 0 Å². The average molecular weight is 484 g/mol. The summed E-state index contributed by atoms with van der Waals surface area (Å²) < 4.78 is 11.0. The van der Waals surface area contributed by atoms with Crippen LogP contribution in [0.1, 0.15) is 70.0 Å². The van der Waals surface area contributed by atoms with Crippen molar-refractivity contribution in [1.82, 2.24) is 10.2 Å². The Bertz CT molecular complexity index is 1020. The van der Waals surface area contributed by atoms with E-state index in [0.717, 1.165) is 35.9 Å². The number of nitrogens with zero attached hydrogens (tertiary/aromatic N) is 2. The van der Waals surface area contributed by atoms with Gasteiger partial charge in [-0.15, -0.1) is 0 Å². The number of carbonyl (C=O) groups excluding carboxylic acids is 2. The Labute approximate surface area is 205 Å². The zero-order valence-electron chi connectivity index (χ0n) is 20.3. The van der Waals surface area contributed by atoms with Gasteiger partial charge in [0.15, 0.2) is 5.17 Å². The minimum atomic E-state index is -0.403. The van der Waals surface area contributed by atoms with E-state index >= 15 is 0 Å². The van der Waals surface area contributed by atoms with Gasteiger partial charge in [-0.3, -0.25) is 4.79 Å². The van der Waals surface area contributed by atoms with Gasteiger partial charge in [0.2, 0.25) is 5.91 Å². The molecule has 1 aromatic rings. The highest BCUT2D eigenvalue weighted by atomic mass is 32.2. The Kier molecular flexibility index (Phi) is 7.78. The van der Waals surface area contributed by atoms with Crippen LogP contribution in [0.5, 0.6) is 0 Å². The summed E-state index contributed by atoms with van der Waals surface area (Å²) in [4.78, 5) is 32.5. The fraction of sp³-hybridized carbons (Fsp3) is 0.500. The third-order valence-electron chi connectivity index (χ3n) is 6.31. The maximum atomic E-state index is 13.0. The molecule has 182 valence electrons. The summed E-state index contributed by atoms with van der Waals surface area (Å²) in [5.41, 5.74) is 4.17. The van der Waals surface area contributed by atoms with Crippen LogP contribution in [0, 0.1) is 0 Å². The molecule has 0 aromatic heterocycles. The van der Waals surface area contributed by atoms with Crippen molar-refractivity contribution in [2.75, 3.05) is 19.8 Å². The first kappa shape index (κ1) is 24.5. The Morgan fingerprint density at radius 2 is 2.06 bits per heavy atom. The van der Waals surface area contributed by atoms with Gasteiger partial charge in [-0.2, -0.15) is 0 Å². The van der Waals surface area contributed by atoms with Gasteiger partial charge >= 0.3 is 5.97 Å². The standard InChI is InChI=1S/C26H33N3O4S/c1-5-32-25(31)23-17(4)28-26-29(24(23)19-10-8-18(9-11-19)16(2)3)20(15-34-26)13-22(30)27-14-21-7-6-12-33-21/h8-11,15-16,21,24H,5-7,12-14H2,1-4H3,(H,27,30). The number of amidine groups is 1. The minimum Gasteiger partial charge on any atom is -0.463 e. The van der Waals surface area contributed by atoms with Crippen LogP contribution in [0.2, 0.25) is 0 Å². The van der Waals surface area contributed by atoms with Crippen LogP contribution < -0.4 is 5.32 Å². The molecule has 1 saturated heterocycles. The summed E-state index contributed by atoms with van der Waals surface area (Å²) in [6.45, 7) is 9.52. The first-order chi connectivity index (χ1) is 16.4. The lowest BCUT2D eigenvalue weighted by molar-refractivity contribution is -0.139. The molecule has 0 bridgehead atoms. The molecule has 7 nitrogen and oxygen atoms in total. The summed E-state index contributed by atoms with van der Waals surface area (Å²) in [5.74, 6) is -0.0361. The molecule has 8 heteroatoms. The van der Waals surface area contributed by atoms with Crippen LogP contribution in [-0.2, 0) is 19.1 Å². The van der Waals surface area contributed by atoms with Crippen LogP contribution in [0.4, 0.5) is 0 Å². The van der Waals surface area contributed by atoms with E-state index in [1.165, 1.54) is 17.3 Å². The number of benzene rings is 1. The van der Waals surface area contributed by atoms with Crippen molar-refractivity contribution in [1.29, 1.82) is 0 Å². The fourth-order valence-electron chi connectivity index (χ4n) is 4.48. The monoisotopic (exact) mass is 483 g/mol. The molecular formula is C26H33N3O4S. The molecule has 0 aliphatic carbocycles. The first-order valence-corrected chi connectivity index (χ1v) is 12.9. The Morgan fingerprint density at radius 3 is 2.71 bits per heavy atom. The molecule has 3 aliphatic heterocycles. The van der Waals surface area contributed by atoms with Crippen LogP contribution in [0.3, 0.4) is 0 Å².